The molecule has 4 atom stereocenters. The molecule has 2 aliphatic heterocycles. The first-order valence-corrected chi connectivity index (χ1v) is 9.35. The maximum absolute atomic E-state index is 3.48. The topological polar surface area (TPSA) is 24.1 Å². The Morgan fingerprint density at radius 1 is 0.524 bits per heavy atom. The van der Waals surface area contributed by atoms with Crippen LogP contribution in [0.4, 0.5) is 0 Å². The van der Waals surface area contributed by atoms with Crippen LogP contribution in [0.1, 0.15) is 67.1 Å². The first kappa shape index (κ1) is 18.0. The zero-order valence-electron chi connectivity index (χ0n) is 15.9. The summed E-state index contributed by atoms with van der Waals surface area (Å²) in [5.74, 6) is 4.27. The molecule has 2 aliphatic carbocycles. The van der Waals surface area contributed by atoms with Crippen LogP contribution in [0.3, 0.4) is 0 Å². The van der Waals surface area contributed by atoms with Gasteiger partial charge in [0.2, 0.25) is 0 Å². The van der Waals surface area contributed by atoms with E-state index in [1.54, 1.807) is 0 Å². The van der Waals surface area contributed by atoms with Gasteiger partial charge in [-0.3, -0.25) is 0 Å². The van der Waals surface area contributed by atoms with E-state index in [-0.39, 0.29) is 25.9 Å². The van der Waals surface area contributed by atoms with E-state index in [1.165, 1.54) is 90.4 Å². The van der Waals surface area contributed by atoms with Crippen molar-refractivity contribution >= 4 is 23.1 Å². The Bertz CT molecular complexity index is 214. The monoisotopic (exact) mass is 304 g/mol. The van der Waals surface area contributed by atoms with Gasteiger partial charge >= 0.3 is 23.1 Å². The van der Waals surface area contributed by atoms with Crippen molar-refractivity contribution < 1.29 is 2.85 Å². The van der Waals surface area contributed by atoms with E-state index in [4.69, 9.17) is 0 Å². The van der Waals surface area contributed by atoms with Gasteiger partial charge in [0, 0.05) is 0 Å². The molecule has 2 nitrogen and oxygen atoms in total. The molecule has 0 spiro atoms. The third-order valence-corrected chi connectivity index (χ3v) is 6.33. The van der Waals surface area contributed by atoms with Gasteiger partial charge in [-0.25, -0.2) is 0 Å². The fourth-order valence-electron chi connectivity index (χ4n) is 5.02. The van der Waals surface area contributed by atoms with Crippen LogP contribution in [0.15, 0.2) is 0 Å². The van der Waals surface area contributed by atoms with Crippen molar-refractivity contribution in [3.63, 3.8) is 0 Å². The average molecular weight is 305 g/mol. The Morgan fingerprint density at radius 2 is 0.905 bits per heavy atom. The summed E-state index contributed by atoms with van der Waals surface area (Å²) >= 11 is 0. The molecule has 4 fully saturated rings. The van der Waals surface area contributed by atoms with E-state index in [1.807, 2.05) is 0 Å². The predicted octanol–water partition coefficient (Wildman–Crippen LogP) is 3.42. The number of nitrogens with one attached hydrogen (secondary N) is 2. The number of hydrogen-bond donors (Lipinski definition) is 2. The largest absolute Gasteiger partial charge is 2.00 e. The van der Waals surface area contributed by atoms with Crippen LogP contribution in [0.5, 0.6) is 0 Å². The van der Waals surface area contributed by atoms with Crippen LogP contribution in [-0.2, 0) is 0 Å². The van der Waals surface area contributed by atoms with E-state index in [0.29, 0.717) is 0 Å². The van der Waals surface area contributed by atoms with Crippen molar-refractivity contribution in [1.82, 2.24) is 10.6 Å². The van der Waals surface area contributed by atoms with E-state index in [9.17, 15) is 0 Å². The third kappa shape index (κ3) is 5.37. The standard InChI is InChI=1S/2C9H17N.Mg.2H/c2*1-2-4-9-7-10-6-5-8(9)3-1;;;/h2*8-10H,1-7H2;;;/q;;+2;2*-1. The normalized spacial score (nSPS) is 38.9. The second kappa shape index (κ2) is 9.74. The summed E-state index contributed by atoms with van der Waals surface area (Å²) in [6.45, 7) is 5.18. The molecule has 4 aliphatic rings. The smallest absolute Gasteiger partial charge is 1.00 e. The van der Waals surface area contributed by atoms with Crippen molar-refractivity contribution in [3.8, 4) is 0 Å². The molecule has 0 bridgehead atoms. The molecular weight excluding hydrogens is 269 g/mol. The van der Waals surface area contributed by atoms with Crippen molar-refractivity contribution in [2.75, 3.05) is 26.2 Å². The minimum Gasteiger partial charge on any atom is -1.00 e. The molecule has 2 saturated heterocycles. The molecule has 0 amide bonds. The number of fused-ring (bicyclic) bond motifs is 2. The molecule has 0 aromatic rings. The summed E-state index contributed by atoms with van der Waals surface area (Å²) in [5, 5.41) is 6.97. The van der Waals surface area contributed by atoms with Gasteiger partial charge in [-0.15, -0.1) is 0 Å². The third-order valence-electron chi connectivity index (χ3n) is 6.33. The van der Waals surface area contributed by atoms with Crippen molar-refractivity contribution in [1.29, 1.82) is 0 Å². The summed E-state index contributed by atoms with van der Waals surface area (Å²) in [5.41, 5.74) is 0. The fourth-order valence-corrected chi connectivity index (χ4v) is 5.02. The van der Waals surface area contributed by atoms with Gasteiger partial charge in [0.25, 0.3) is 0 Å². The maximum Gasteiger partial charge on any atom is 2.00 e. The summed E-state index contributed by atoms with van der Waals surface area (Å²) in [6, 6.07) is 0. The molecule has 2 N–H and O–H groups in total. The molecule has 0 aromatic heterocycles. The Labute approximate surface area is 150 Å². The molecule has 2 heterocycles. The molecule has 0 radical (unpaired) electrons. The van der Waals surface area contributed by atoms with E-state index >= 15 is 0 Å². The summed E-state index contributed by atoms with van der Waals surface area (Å²) in [7, 11) is 0. The predicted molar refractivity (Wildman–Crippen MR) is 93.8 cm³/mol. The first-order valence-electron chi connectivity index (χ1n) is 9.35. The average Bonchev–Trinajstić information content (AvgIpc) is 2.56. The molecule has 21 heavy (non-hydrogen) atoms. The number of rotatable bonds is 0. The molecule has 2 saturated carbocycles. The quantitative estimate of drug-likeness (QED) is 0.670. The number of hydrogen-bond acceptors (Lipinski definition) is 2. The van der Waals surface area contributed by atoms with E-state index in [0.717, 1.165) is 23.7 Å². The Morgan fingerprint density at radius 3 is 1.29 bits per heavy atom. The second-order valence-electron chi connectivity index (χ2n) is 7.59. The molecule has 3 heteroatoms. The van der Waals surface area contributed by atoms with Crippen LogP contribution in [0.25, 0.3) is 0 Å². The SMILES string of the molecule is C1CCC2CNCCC2C1.C1CCC2CNCCC2C1.[H-].[H-].[Mg+2]. The van der Waals surface area contributed by atoms with Gasteiger partial charge in [-0.2, -0.15) is 0 Å². The van der Waals surface area contributed by atoms with Gasteiger partial charge in [-0.05, 0) is 75.5 Å². The second-order valence-corrected chi connectivity index (χ2v) is 7.59. The maximum atomic E-state index is 3.48. The molecular formula is C18H36MgN2. The van der Waals surface area contributed by atoms with Crippen LogP contribution >= 0.6 is 0 Å². The van der Waals surface area contributed by atoms with Gasteiger partial charge in [0.05, 0.1) is 0 Å². The molecule has 4 rings (SSSR count). The fraction of sp³-hybridized carbons (Fsp3) is 1.00. The zero-order valence-corrected chi connectivity index (χ0v) is 15.3. The number of piperidine rings is 2. The summed E-state index contributed by atoms with van der Waals surface area (Å²) in [4.78, 5) is 0. The van der Waals surface area contributed by atoms with Crippen molar-refractivity contribution in [2.45, 2.75) is 64.2 Å². The Hall–Kier alpha value is 0.686. The minimum absolute atomic E-state index is 0. The van der Waals surface area contributed by atoms with E-state index < -0.39 is 0 Å². The van der Waals surface area contributed by atoms with E-state index in [2.05, 4.69) is 10.6 Å². The van der Waals surface area contributed by atoms with Crippen LogP contribution < -0.4 is 10.6 Å². The molecule has 120 valence electrons. The Balaban J connectivity index is 0.000000372. The molecule has 0 aromatic carbocycles. The first-order chi connectivity index (χ1) is 9.93. The van der Waals surface area contributed by atoms with Gasteiger partial charge in [-0.1, -0.05) is 38.5 Å². The van der Waals surface area contributed by atoms with Gasteiger partial charge < -0.3 is 13.5 Å². The van der Waals surface area contributed by atoms with Gasteiger partial charge in [0.15, 0.2) is 0 Å². The summed E-state index contributed by atoms with van der Waals surface area (Å²) in [6.07, 6.45) is 14.9. The van der Waals surface area contributed by atoms with Crippen LogP contribution in [0.2, 0.25) is 0 Å². The van der Waals surface area contributed by atoms with Gasteiger partial charge in [0.1, 0.15) is 0 Å². The van der Waals surface area contributed by atoms with Crippen molar-refractivity contribution in [2.24, 2.45) is 23.7 Å². The zero-order chi connectivity index (χ0) is 13.6. The van der Waals surface area contributed by atoms with Crippen molar-refractivity contribution in [3.05, 3.63) is 0 Å². The Kier molecular flexibility index (Phi) is 8.36. The summed E-state index contributed by atoms with van der Waals surface area (Å²) < 4.78 is 0. The van der Waals surface area contributed by atoms with Crippen LogP contribution in [-0.4, -0.2) is 49.2 Å². The molecule has 4 unspecified atom stereocenters. The minimum atomic E-state index is 0. The van der Waals surface area contributed by atoms with Crippen LogP contribution in [0, 0.1) is 23.7 Å².